The number of hydroxylamine groups is 3. The number of anilines is 1. The number of nitrogens with two attached hydrogens (primary N) is 1. The first kappa shape index (κ1) is 12.6. The van der Waals surface area contributed by atoms with Gasteiger partial charge in [-0.05, 0) is 28.1 Å². The fourth-order valence-corrected chi connectivity index (χ4v) is 1.59. The molecule has 1 heterocycles. The van der Waals surface area contributed by atoms with Gasteiger partial charge in [0.15, 0.2) is 5.82 Å². The van der Waals surface area contributed by atoms with Crippen LogP contribution in [0.15, 0.2) is 34.2 Å². The van der Waals surface area contributed by atoms with Crippen molar-refractivity contribution in [1.29, 1.82) is 0 Å². The van der Waals surface area contributed by atoms with Gasteiger partial charge in [0.1, 0.15) is 5.82 Å². The molecule has 1 aromatic rings. The van der Waals surface area contributed by atoms with E-state index in [1.165, 1.54) is 12.1 Å². The highest BCUT2D eigenvalue weighted by atomic mass is 79.9. The Morgan fingerprint density at radius 3 is 2.72 bits per heavy atom. The van der Waals surface area contributed by atoms with E-state index in [-0.39, 0.29) is 15.4 Å². The van der Waals surface area contributed by atoms with Crippen LogP contribution < -0.4 is 10.8 Å². The number of halogens is 2. The number of carboxylic acids is 1. The van der Waals surface area contributed by atoms with Crippen LogP contribution in [-0.4, -0.2) is 21.5 Å². The molecule has 0 radical (unpaired) electrons. The average molecular weight is 320 g/mol. The molecule has 0 spiro atoms. The zero-order chi connectivity index (χ0) is 13.4. The Balaban J connectivity index is 2.45. The molecule has 0 bridgehead atoms. The fourth-order valence-electron chi connectivity index (χ4n) is 1.34. The SMILES string of the molecule is NC1=C(C(=O)O)N(c2ccc(Br)c(F)c2)ON1O. The Labute approximate surface area is 108 Å². The van der Waals surface area contributed by atoms with Gasteiger partial charge < -0.3 is 10.8 Å². The molecule has 0 atom stereocenters. The third-order valence-electron chi connectivity index (χ3n) is 2.15. The molecule has 4 N–H and O–H groups in total. The molecule has 2 rings (SSSR count). The summed E-state index contributed by atoms with van der Waals surface area (Å²) < 4.78 is 13.6. The molecule has 7 nitrogen and oxygen atoms in total. The molecule has 96 valence electrons. The summed E-state index contributed by atoms with van der Waals surface area (Å²) in [4.78, 5) is 15.7. The number of hydrogen-bond donors (Lipinski definition) is 3. The van der Waals surface area contributed by atoms with E-state index in [4.69, 9.17) is 10.8 Å². The number of nitrogens with zero attached hydrogens (tertiary/aromatic N) is 2. The molecule has 0 unspecified atom stereocenters. The minimum Gasteiger partial charge on any atom is -0.476 e. The Morgan fingerprint density at radius 2 is 2.17 bits per heavy atom. The normalized spacial score (nSPS) is 15.5. The molecule has 9 heteroatoms. The lowest BCUT2D eigenvalue weighted by molar-refractivity contribution is -0.304. The van der Waals surface area contributed by atoms with Gasteiger partial charge in [0.2, 0.25) is 5.70 Å². The first-order valence-electron chi connectivity index (χ1n) is 4.57. The van der Waals surface area contributed by atoms with Crippen LogP contribution in [0.25, 0.3) is 0 Å². The highest BCUT2D eigenvalue weighted by molar-refractivity contribution is 9.10. The molecule has 1 aromatic carbocycles. The zero-order valence-electron chi connectivity index (χ0n) is 8.67. The van der Waals surface area contributed by atoms with E-state index in [1.54, 1.807) is 0 Å². The average Bonchev–Trinajstić information content (AvgIpc) is 2.59. The van der Waals surface area contributed by atoms with E-state index in [9.17, 15) is 14.4 Å². The standard InChI is InChI=1S/C9H7BrFN3O4/c10-5-2-1-4(3-6(5)11)13-7(9(15)16)8(12)14(17)18-13/h1-3,17H,12H2,(H,15,16). The summed E-state index contributed by atoms with van der Waals surface area (Å²) in [5, 5.41) is 18.9. The van der Waals surface area contributed by atoms with Crippen molar-refractivity contribution in [3.05, 3.63) is 40.0 Å². The quantitative estimate of drug-likeness (QED) is 0.752. The highest BCUT2D eigenvalue weighted by Crippen LogP contribution is 2.30. The second-order valence-corrected chi connectivity index (χ2v) is 4.14. The molecule has 0 saturated heterocycles. The molecule has 0 aliphatic carbocycles. The van der Waals surface area contributed by atoms with Crippen molar-refractivity contribution >= 4 is 27.6 Å². The minimum absolute atomic E-state index is 0.0626. The molecular formula is C9H7BrFN3O4. The summed E-state index contributed by atoms with van der Waals surface area (Å²) in [7, 11) is 0. The molecule has 1 aliphatic heterocycles. The largest absolute Gasteiger partial charge is 0.476 e. The first-order valence-corrected chi connectivity index (χ1v) is 5.36. The van der Waals surface area contributed by atoms with Gasteiger partial charge in [0.25, 0.3) is 0 Å². The van der Waals surface area contributed by atoms with Gasteiger partial charge >= 0.3 is 5.97 Å². The number of carbonyl (C=O) groups is 1. The van der Waals surface area contributed by atoms with Gasteiger partial charge in [-0.25, -0.2) is 9.18 Å². The number of rotatable bonds is 2. The van der Waals surface area contributed by atoms with E-state index in [2.05, 4.69) is 20.9 Å². The second-order valence-electron chi connectivity index (χ2n) is 3.29. The molecule has 0 amide bonds. The summed E-state index contributed by atoms with van der Waals surface area (Å²) in [6, 6.07) is 3.78. The van der Waals surface area contributed by atoms with E-state index < -0.39 is 23.3 Å². The number of benzene rings is 1. The van der Waals surface area contributed by atoms with E-state index >= 15 is 0 Å². The van der Waals surface area contributed by atoms with Gasteiger partial charge in [-0.2, -0.15) is 5.06 Å². The van der Waals surface area contributed by atoms with Crippen molar-refractivity contribution in [2.45, 2.75) is 0 Å². The Morgan fingerprint density at radius 1 is 1.50 bits per heavy atom. The lowest BCUT2D eigenvalue weighted by Crippen LogP contribution is -2.25. The van der Waals surface area contributed by atoms with Gasteiger partial charge in [0, 0.05) is 6.07 Å². The van der Waals surface area contributed by atoms with E-state index in [0.717, 1.165) is 6.07 Å². The van der Waals surface area contributed by atoms with Gasteiger partial charge in [-0.1, -0.05) is 5.23 Å². The summed E-state index contributed by atoms with van der Waals surface area (Å²) in [6.45, 7) is 0. The number of hydrogen-bond acceptors (Lipinski definition) is 6. The Bertz CT molecular complexity index is 551. The van der Waals surface area contributed by atoms with Crippen LogP contribution in [0.5, 0.6) is 0 Å². The lowest BCUT2D eigenvalue weighted by Gasteiger charge is -2.17. The van der Waals surface area contributed by atoms with Crippen molar-refractivity contribution in [3.63, 3.8) is 0 Å². The molecule has 18 heavy (non-hydrogen) atoms. The van der Waals surface area contributed by atoms with Gasteiger partial charge in [-0.15, -0.1) is 4.94 Å². The molecular weight excluding hydrogens is 313 g/mol. The molecule has 0 saturated carbocycles. The van der Waals surface area contributed by atoms with Crippen LogP contribution in [-0.2, 0) is 9.73 Å². The van der Waals surface area contributed by atoms with E-state index in [1.807, 2.05) is 0 Å². The Hall–Kier alpha value is -1.84. The monoisotopic (exact) mass is 319 g/mol. The lowest BCUT2D eigenvalue weighted by atomic mass is 10.3. The maximum Gasteiger partial charge on any atom is 0.359 e. The van der Waals surface area contributed by atoms with Crippen LogP contribution in [0, 0.1) is 5.82 Å². The third kappa shape index (κ3) is 1.98. The van der Waals surface area contributed by atoms with E-state index in [0.29, 0.717) is 5.06 Å². The van der Waals surface area contributed by atoms with Crippen LogP contribution in [0.3, 0.4) is 0 Å². The predicted octanol–water partition coefficient (Wildman–Crippen LogP) is 1.16. The molecule has 0 fully saturated rings. The number of carboxylic acid groups (broad SMARTS) is 1. The van der Waals surface area contributed by atoms with Crippen molar-refractivity contribution in [3.8, 4) is 0 Å². The van der Waals surface area contributed by atoms with Crippen molar-refractivity contribution < 1.29 is 24.4 Å². The summed E-state index contributed by atoms with van der Waals surface area (Å²) in [5.41, 5.74) is 4.87. The fraction of sp³-hybridized carbons (Fsp3) is 0. The van der Waals surface area contributed by atoms with Crippen molar-refractivity contribution in [2.75, 3.05) is 5.06 Å². The van der Waals surface area contributed by atoms with Crippen molar-refractivity contribution in [2.24, 2.45) is 5.73 Å². The number of aliphatic carboxylic acids is 1. The first-order chi connectivity index (χ1) is 8.41. The summed E-state index contributed by atoms with van der Waals surface area (Å²) in [6.07, 6.45) is 0. The van der Waals surface area contributed by atoms with Gasteiger partial charge in [-0.3, -0.25) is 5.21 Å². The maximum absolute atomic E-state index is 13.4. The van der Waals surface area contributed by atoms with Crippen LogP contribution in [0.1, 0.15) is 0 Å². The molecule has 0 aromatic heterocycles. The molecule has 1 aliphatic rings. The minimum atomic E-state index is -1.42. The van der Waals surface area contributed by atoms with Crippen LogP contribution >= 0.6 is 15.9 Å². The highest BCUT2D eigenvalue weighted by Gasteiger charge is 2.35. The summed E-state index contributed by atoms with van der Waals surface area (Å²) >= 11 is 2.96. The summed E-state index contributed by atoms with van der Waals surface area (Å²) in [5.74, 6) is -2.55. The third-order valence-corrected chi connectivity index (χ3v) is 2.79. The predicted molar refractivity (Wildman–Crippen MR) is 60.1 cm³/mol. The topological polar surface area (TPSA) is 99.3 Å². The second kappa shape index (κ2) is 4.44. The maximum atomic E-state index is 13.4. The zero-order valence-corrected chi connectivity index (χ0v) is 10.3. The van der Waals surface area contributed by atoms with Gasteiger partial charge in [0.05, 0.1) is 10.2 Å². The smallest absolute Gasteiger partial charge is 0.359 e. The van der Waals surface area contributed by atoms with Crippen LogP contribution in [0.2, 0.25) is 0 Å². The van der Waals surface area contributed by atoms with Crippen LogP contribution in [0.4, 0.5) is 10.1 Å². The Kier molecular flexibility index (Phi) is 3.11. The van der Waals surface area contributed by atoms with Crippen molar-refractivity contribution in [1.82, 2.24) is 5.23 Å².